The summed E-state index contributed by atoms with van der Waals surface area (Å²) in [6.07, 6.45) is 0. The van der Waals surface area contributed by atoms with Gasteiger partial charge in [0.25, 0.3) is 5.69 Å². The van der Waals surface area contributed by atoms with E-state index in [1.54, 1.807) is 18.2 Å². The molecule has 3 aromatic rings. The Morgan fingerprint density at radius 1 is 1.22 bits per heavy atom. The summed E-state index contributed by atoms with van der Waals surface area (Å²) >= 11 is 0. The third-order valence-corrected chi connectivity index (χ3v) is 3.30. The maximum Gasteiger partial charge on any atom is 0.271 e. The van der Waals surface area contributed by atoms with Crippen LogP contribution in [0, 0.1) is 15.9 Å². The van der Waals surface area contributed by atoms with Gasteiger partial charge in [-0.2, -0.15) is 0 Å². The summed E-state index contributed by atoms with van der Waals surface area (Å²) in [4.78, 5) is 10.4. The molecular formula is C15H11FN4O3. The summed E-state index contributed by atoms with van der Waals surface area (Å²) in [7, 11) is 0. The first-order valence-corrected chi connectivity index (χ1v) is 6.67. The van der Waals surface area contributed by atoms with Crippen molar-refractivity contribution < 1.29 is 14.4 Å². The summed E-state index contributed by atoms with van der Waals surface area (Å²) in [5.41, 5.74) is 0.869. The Bertz CT molecular complexity index is 879. The first-order valence-electron chi connectivity index (χ1n) is 6.67. The molecule has 0 aliphatic carbocycles. The summed E-state index contributed by atoms with van der Waals surface area (Å²) in [6.45, 7) is -0.432. The zero-order valence-electron chi connectivity index (χ0n) is 11.8. The lowest BCUT2D eigenvalue weighted by atomic mass is 10.1. The van der Waals surface area contributed by atoms with Crippen LogP contribution < -0.4 is 0 Å². The summed E-state index contributed by atoms with van der Waals surface area (Å²) < 4.78 is 15.4. The minimum atomic E-state index is -0.532. The van der Waals surface area contributed by atoms with Crippen molar-refractivity contribution in [2.75, 3.05) is 0 Å². The normalized spacial score (nSPS) is 10.7. The van der Waals surface area contributed by atoms with E-state index in [-0.39, 0.29) is 22.6 Å². The molecule has 2 aromatic carbocycles. The molecule has 0 saturated carbocycles. The monoisotopic (exact) mass is 314 g/mol. The van der Waals surface area contributed by atoms with Gasteiger partial charge in [0.05, 0.1) is 17.2 Å². The molecule has 1 heterocycles. The van der Waals surface area contributed by atoms with Gasteiger partial charge in [0, 0.05) is 17.7 Å². The lowest BCUT2D eigenvalue weighted by Gasteiger charge is -2.08. The van der Waals surface area contributed by atoms with Gasteiger partial charge in [-0.3, -0.25) is 10.1 Å². The van der Waals surface area contributed by atoms with E-state index in [2.05, 4.69) is 10.3 Å². The van der Waals surface area contributed by atoms with Crippen LogP contribution in [-0.2, 0) is 6.61 Å². The average Bonchev–Trinajstić information content (AvgIpc) is 2.99. The smallest absolute Gasteiger partial charge is 0.271 e. The molecule has 0 saturated heterocycles. The van der Waals surface area contributed by atoms with Crippen molar-refractivity contribution in [3.63, 3.8) is 0 Å². The van der Waals surface area contributed by atoms with E-state index < -0.39 is 17.3 Å². The predicted molar refractivity (Wildman–Crippen MR) is 79.3 cm³/mol. The number of aliphatic hydroxyl groups is 1. The lowest BCUT2D eigenvalue weighted by Crippen LogP contribution is -2.02. The van der Waals surface area contributed by atoms with Crippen LogP contribution in [0.15, 0.2) is 48.5 Å². The average molecular weight is 314 g/mol. The van der Waals surface area contributed by atoms with Crippen LogP contribution in [0.1, 0.15) is 5.69 Å². The molecule has 0 bridgehead atoms. The summed E-state index contributed by atoms with van der Waals surface area (Å²) in [6, 6.07) is 11.7. The van der Waals surface area contributed by atoms with Crippen LogP contribution in [0.4, 0.5) is 10.1 Å². The topological polar surface area (TPSA) is 94.1 Å². The highest BCUT2D eigenvalue weighted by Crippen LogP contribution is 2.28. The molecule has 0 fully saturated rings. The Hall–Kier alpha value is -3.13. The quantitative estimate of drug-likeness (QED) is 0.589. The summed E-state index contributed by atoms with van der Waals surface area (Å²) in [5, 5.41) is 28.1. The predicted octanol–water partition coefficient (Wildman–Crippen LogP) is 2.47. The van der Waals surface area contributed by atoms with E-state index in [1.165, 1.54) is 35.0 Å². The number of rotatable bonds is 4. The van der Waals surface area contributed by atoms with Crippen molar-refractivity contribution in [2.45, 2.75) is 6.61 Å². The minimum absolute atomic E-state index is 0.122. The first-order chi connectivity index (χ1) is 11.1. The van der Waals surface area contributed by atoms with Gasteiger partial charge >= 0.3 is 0 Å². The van der Waals surface area contributed by atoms with Gasteiger partial charge < -0.3 is 5.11 Å². The standard InChI is InChI=1S/C15H11FN4O3/c16-13-7-2-1-6-12(13)15-14(9-21)17-18-19(15)10-4-3-5-11(8-10)20(22)23/h1-8,21H,9H2. The van der Waals surface area contributed by atoms with Crippen molar-refractivity contribution in [3.8, 4) is 16.9 Å². The first kappa shape index (κ1) is 14.8. The molecule has 0 spiro atoms. The molecule has 8 heteroatoms. The van der Waals surface area contributed by atoms with E-state index >= 15 is 0 Å². The third-order valence-electron chi connectivity index (χ3n) is 3.30. The van der Waals surface area contributed by atoms with Crippen LogP contribution >= 0.6 is 0 Å². The zero-order chi connectivity index (χ0) is 16.4. The van der Waals surface area contributed by atoms with E-state index in [4.69, 9.17) is 0 Å². The number of nitro benzene ring substituents is 1. The van der Waals surface area contributed by atoms with Gasteiger partial charge in [-0.25, -0.2) is 9.07 Å². The number of nitrogens with zero attached hydrogens (tertiary/aromatic N) is 4. The molecule has 3 rings (SSSR count). The molecule has 116 valence electrons. The lowest BCUT2D eigenvalue weighted by molar-refractivity contribution is -0.384. The number of halogens is 1. The van der Waals surface area contributed by atoms with Crippen LogP contribution in [0.3, 0.4) is 0 Å². The van der Waals surface area contributed by atoms with Crippen molar-refractivity contribution in [2.24, 2.45) is 0 Å². The highest BCUT2D eigenvalue weighted by Gasteiger charge is 2.19. The second-order valence-corrected chi connectivity index (χ2v) is 4.71. The Morgan fingerprint density at radius 3 is 2.70 bits per heavy atom. The maximum atomic E-state index is 14.1. The maximum absolute atomic E-state index is 14.1. The SMILES string of the molecule is O=[N+]([O-])c1cccc(-n2nnc(CO)c2-c2ccccc2F)c1. The van der Waals surface area contributed by atoms with Crippen LogP contribution in [0.5, 0.6) is 0 Å². The highest BCUT2D eigenvalue weighted by atomic mass is 19.1. The van der Waals surface area contributed by atoms with Crippen LogP contribution in [-0.4, -0.2) is 25.0 Å². The molecule has 0 amide bonds. The zero-order valence-corrected chi connectivity index (χ0v) is 11.8. The van der Waals surface area contributed by atoms with E-state index in [1.807, 2.05) is 0 Å². The number of non-ortho nitro benzene ring substituents is 1. The fourth-order valence-electron chi connectivity index (χ4n) is 2.26. The van der Waals surface area contributed by atoms with Gasteiger partial charge in [-0.15, -0.1) is 5.10 Å². The Labute approximate surface area is 129 Å². The van der Waals surface area contributed by atoms with Gasteiger partial charge in [0.2, 0.25) is 0 Å². The van der Waals surface area contributed by atoms with Crippen molar-refractivity contribution >= 4 is 5.69 Å². The number of nitro groups is 1. The molecule has 0 unspecified atom stereocenters. The number of aromatic nitrogens is 3. The molecule has 23 heavy (non-hydrogen) atoms. The number of benzene rings is 2. The largest absolute Gasteiger partial charge is 0.390 e. The van der Waals surface area contributed by atoms with Crippen LogP contribution in [0.2, 0.25) is 0 Å². The van der Waals surface area contributed by atoms with Crippen molar-refractivity contribution in [1.82, 2.24) is 15.0 Å². The minimum Gasteiger partial charge on any atom is -0.390 e. The van der Waals surface area contributed by atoms with Crippen molar-refractivity contribution in [1.29, 1.82) is 0 Å². The molecule has 0 atom stereocenters. The summed E-state index contributed by atoms with van der Waals surface area (Å²) in [5.74, 6) is -0.504. The van der Waals surface area contributed by atoms with E-state index in [9.17, 15) is 19.6 Å². The van der Waals surface area contributed by atoms with Crippen LogP contribution in [0.25, 0.3) is 16.9 Å². The number of aliphatic hydroxyl groups excluding tert-OH is 1. The van der Waals surface area contributed by atoms with Crippen molar-refractivity contribution in [3.05, 3.63) is 70.2 Å². The number of hydrogen-bond donors (Lipinski definition) is 1. The molecular weight excluding hydrogens is 303 g/mol. The van der Waals surface area contributed by atoms with Gasteiger partial charge in [-0.1, -0.05) is 23.4 Å². The second kappa shape index (κ2) is 5.93. The molecule has 0 radical (unpaired) electrons. The molecule has 1 N–H and O–H groups in total. The fraction of sp³-hybridized carbons (Fsp3) is 0.0667. The second-order valence-electron chi connectivity index (χ2n) is 4.71. The van der Waals surface area contributed by atoms with Gasteiger partial charge in [-0.05, 0) is 18.2 Å². The molecule has 0 aliphatic rings. The Kier molecular flexibility index (Phi) is 3.82. The number of hydrogen-bond acceptors (Lipinski definition) is 5. The Morgan fingerprint density at radius 2 is 2.00 bits per heavy atom. The molecule has 0 aliphatic heterocycles. The highest BCUT2D eigenvalue weighted by molar-refractivity contribution is 5.65. The van der Waals surface area contributed by atoms with E-state index in [0.717, 1.165) is 0 Å². The third kappa shape index (κ3) is 2.67. The Balaban J connectivity index is 2.22. The fourth-order valence-corrected chi connectivity index (χ4v) is 2.26. The van der Waals surface area contributed by atoms with Gasteiger partial charge in [0.15, 0.2) is 0 Å². The van der Waals surface area contributed by atoms with E-state index in [0.29, 0.717) is 5.69 Å². The molecule has 1 aromatic heterocycles. The molecule has 7 nitrogen and oxygen atoms in total. The van der Waals surface area contributed by atoms with Gasteiger partial charge in [0.1, 0.15) is 17.2 Å².